The van der Waals surface area contributed by atoms with Crippen molar-refractivity contribution in [1.29, 1.82) is 0 Å². The molecule has 0 N–H and O–H groups in total. The van der Waals surface area contributed by atoms with E-state index >= 15 is 0 Å². The summed E-state index contributed by atoms with van der Waals surface area (Å²) in [4.78, 5) is 4.69. The van der Waals surface area contributed by atoms with Crippen LogP contribution in [0, 0.1) is 0 Å². The fourth-order valence-electron chi connectivity index (χ4n) is 9.45. The van der Waals surface area contributed by atoms with E-state index in [4.69, 9.17) is 0 Å². The number of hydrogen-bond acceptors (Lipinski definition) is 2. The zero-order valence-corrected chi connectivity index (χ0v) is 33.7. The van der Waals surface area contributed by atoms with Gasteiger partial charge in [-0.15, -0.1) is 0 Å². The van der Waals surface area contributed by atoms with Gasteiger partial charge in [-0.25, -0.2) is 0 Å². The Morgan fingerprint density at radius 1 is 0.333 bits per heavy atom. The van der Waals surface area contributed by atoms with Crippen molar-refractivity contribution in [3.8, 4) is 27.9 Å². The fourth-order valence-corrected chi connectivity index (χ4v) is 9.45. The van der Waals surface area contributed by atoms with Crippen LogP contribution in [-0.4, -0.2) is 4.57 Å². The Morgan fingerprint density at radius 2 is 0.750 bits per heavy atom. The van der Waals surface area contributed by atoms with E-state index in [0.29, 0.717) is 0 Å². The Labute approximate surface area is 351 Å². The van der Waals surface area contributed by atoms with Gasteiger partial charge in [-0.3, -0.25) is 0 Å². The smallest absolute Gasteiger partial charge is 0.0542 e. The minimum atomic E-state index is -0.0459. The van der Waals surface area contributed by atoms with Crippen LogP contribution in [0.25, 0.3) is 49.7 Å². The van der Waals surface area contributed by atoms with Crippen molar-refractivity contribution in [3.63, 3.8) is 0 Å². The molecular weight excluding hydrogens is 727 g/mol. The van der Waals surface area contributed by atoms with E-state index < -0.39 is 0 Å². The minimum Gasteiger partial charge on any atom is -0.310 e. The maximum Gasteiger partial charge on any atom is 0.0542 e. The number of aromatic nitrogens is 1. The van der Waals surface area contributed by atoms with E-state index in [-0.39, 0.29) is 5.41 Å². The zero-order valence-electron chi connectivity index (χ0n) is 33.7. The van der Waals surface area contributed by atoms with Gasteiger partial charge in [0.05, 0.1) is 11.0 Å². The number of benzene rings is 9. The molecule has 0 radical (unpaired) electrons. The van der Waals surface area contributed by atoms with E-state index in [0.717, 1.165) is 50.8 Å². The molecule has 0 amide bonds. The minimum absolute atomic E-state index is 0.0459. The molecule has 0 saturated heterocycles. The van der Waals surface area contributed by atoms with Crippen LogP contribution in [0.2, 0.25) is 0 Å². The monoisotopic (exact) mass is 769 g/mol. The summed E-state index contributed by atoms with van der Waals surface area (Å²) in [6, 6.07) is 81.4. The molecule has 60 heavy (non-hydrogen) atoms. The van der Waals surface area contributed by atoms with E-state index in [1.54, 1.807) is 0 Å². The maximum atomic E-state index is 2.43. The molecule has 3 heteroatoms. The van der Waals surface area contributed by atoms with E-state index in [2.05, 4.69) is 253 Å². The van der Waals surface area contributed by atoms with Gasteiger partial charge in [-0.1, -0.05) is 135 Å². The predicted molar refractivity (Wildman–Crippen MR) is 253 cm³/mol. The molecule has 286 valence electrons. The molecule has 0 saturated carbocycles. The molecule has 1 aromatic heterocycles. The standard InChI is InChI=1S/C57H43N3/c1-57(2)53-26-16-15-25-49(53)50-34-29-41(37-54(50)57)40-27-30-46(31-28-40)60-55-35-32-47(58(42-17-7-3-8-18-42)43-19-9-4-10-20-43)38-51(55)52-39-48(33-36-56(52)60)59(44-21-11-5-12-22-44)45-23-13-6-14-24-45/h3-39H,1-2H3. The van der Waals surface area contributed by atoms with Crippen LogP contribution in [-0.2, 0) is 5.41 Å². The van der Waals surface area contributed by atoms with E-state index in [1.807, 2.05) is 0 Å². The number of fused-ring (bicyclic) bond motifs is 6. The third-order valence-electron chi connectivity index (χ3n) is 12.3. The molecule has 11 rings (SSSR count). The highest BCUT2D eigenvalue weighted by Gasteiger charge is 2.35. The van der Waals surface area contributed by atoms with Gasteiger partial charge < -0.3 is 14.4 Å². The van der Waals surface area contributed by atoms with Crippen LogP contribution in [0.15, 0.2) is 224 Å². The quantitative estimate of drug-likeness (QED) is 0.152. The summed E-state index contributed by atoms with van der Waals surface area (Å²) in [6.45, 7) is 4.70. The van der Waals surface area contributed by atoms with E-state index in [9.17, 15) is 0 Å². The first-order chi connectivity index (χ1) is 29.5. The molecule has 10 aromatic rings. The summed E-state index contributed by atoms with van der Waals surface area (Å²) >= 11 is 0. The number of para-hydroxylation sites is 4. The van der Waals surface area contributed by atoms with Crippen LogP contribution >= 0.6 is 0 Å². The summed E-state index contributed by atoms with van der Waals surface area (Å²) in [5, 5.41) is 2.37. The van der Waals surface area contributed by atoms with Gasteiger partial charge in [0.2, 0.25) is 0 Å². The topological polar surface area (TPSA) is 11.4 Å². The first kappa shape index (κ1) is 35.5. The normalized spacial score (nSPS) is 12.6. The van der Waals surface area contributed by atoms with Crippen molar-refractivity contribution in [2.75, 3.05) is 9.80 Å². The Balaban J connectivity index is 1.08. The molecule has 1 aliphatic carbocycles. The highest BCUT2D eigenvalue weighted by molar-refractivity contribution is 6.12. The fraction of sp³-hybridized carbons (Fsp3) is 0.0526. The lowest BCUT2D eigenvalue weighted by molar-refractivity contribution is 0.660. The maximum absolute atomic E-state index is 2.43. The number of rotatable bonds is 8. The average molecular weight is 770 g/mol. The second-order valence-corrected chi connectivity index (χ2v) is 16.2. The highest BCUT2D eigenvalue weighted by Crippen LogP contribution is 2.50. The molecule has 3 nitrogen and oxygen atoms in total. The van der Waals surface area contributed by atoms with Crippen molar-refractivity contribution in [2.45, 2.75) is 19.3 Å². The SMILES string of the molecule is CC1(C)c2ccccc2-c2ccc(-c3ccc(-n4c5ccc(N(c6ccccc6)c6ccccc6)cc5c5cc(N(c6ccccc6)c6ccccc6)ccc54)cc3)cc21. The summed E-state index contributed by atoms with van der Waals surface area (Å²) < 4.78 is 2.43. The third-order valence-corrected chi connectivity index (χ3v) is 12.3. The van der Waals surface area contributed by atoms with Gasteiger partial charge in [0.15, 0.2) is 0 Å². The van der Waals surface area contributed by atoms with Crippen LogP contribution < -0.4 is 9.80 Å². The molecule has 0 fully saturated rings. The van der Waals surface area contributed by atoms with E-state index in [1.165, 1.54) is 44.2 Å². The Hall–Kier alpha value is -7.62. The molecule has 0 atom stereocenters. The van der Waals surface area contributed by atoms with Gasteiger partial charge in [0, 0.05) is 56.0 Å². The number of nitrogens with zero attached hydrogens (tertiary/aromatic N) is 3. The highest BCUT2D eigenvalue weighted by atomic mass is 15.1. The molecule has 0 spiro atoms. The van der Waals surface area contributed by atoms with Gasteiger partial charge >= 0.3 is 0 Å². The predicted octanol–water partition coefficient (Wildman–Crippen LogP) is 15.7. The number of anilines is 6. The van der Waals surface area contributed by atoms with Crippen LogP contribution in [0.3, 0.4) is 0 Å². The van der Waals surface area contributed by atoms with Crippen molar-refractivity contribution in [2.24, 2.45) is 0 Å². The summed E-state index contributed by atoms with van der Waals surface area (Å²) in [5.74, 6) is 0. The molecule has 0 aliphatic heterocycles. The molecule has 1 aliphatic rings. The summed E-state index contributed by atoms with van der Waals surface area (Å²) in [6.07, 6.45) is 0. The molecule has 0 unspecified atom stereocenters. The van der Waals surface area contributed by atoms with Crippen LogP contribution in [0.1, 0.15) is 25.0 Å². The van der Waals surface area contributed by atoms with Crippen molar-refractivity contribution < 1.29 is 0 Å². The first-order valence-electron chi connectivity index (χ1n) is 20.8. The Morgan fingerprint density at radius 3 is 1.23 bits per heavy atom. The second kappa shape index (κ2) is 14.3. The Kier molecular flexibility index (Phi) is 8.49. The zero-order chi connectivity index (χ0) is 40.2. The molecular formula is C57H43N3. The van der Waals surface area contributed by atoms with Gasteiger partial charge in [0.1, 0.15) is 0 Å². The van der Waals surface area contributed by atoms with Crippen molar-refractivity contribution in [3.05, 3.63) is 236 Å². The third kappa shape index (κ3) is 5.89. The largest absolute Gasteiger partial charge is 0.310 e. The van der Waals surface area contributed by atoms with Gasteiger partial charge in [-0.2, -0.15) is 0 Å². The number of hydrogen-bond donors (Lipinski definition) is 0. The van der Waals surface area contributed by atoms with Crippen molar-refractivity contribution in [1.82, 2.24) is 4.57 Å². The van der Waals surface area contributed by atoms with Gasteiger partial charge in [-0.05, 0) is 137 Å². The second-order valence-electron chi connectivity index (χ2n) is 16.2. The summed E-state index contributed by atoms with van der Waals surface area (Å²) in [5.41, 5.74) is 18.0. The lowest BCUT2D eigenvalue weighted by Gasteiger charge is -2.26. The van der Waals surface area contributed by atoms with Crippen LogP contribution in [0.4, 0.5) is 34.1 Å². The Bertz CT molecular complexity index is 2930. The molecule has 9 aromatic carbocycles. The lowest BCUT2D eigenvalue weighted by Crippen LogP contribution is -2.14. The van der Waals surface area contributed by atoms with Gasteiger partial charge in [0.25, 0.3) is 0 Å². The average Bonchev–Trinajstić information content (AvgIpc) is 3.75. The molecule has 0 bridgehead atoms. The van der Waals surface area contributed by atoms with Crippen LogP contribution in [0.5, 0.6) is 0 Å². The lowest BCUT2D eigenvalue weighted by atomic mass is 9.81. The van der Waals surface area contributed by atoms with Crippen molar-refractivity contribution >= 4 is 55.9 Å². The molecule has 1 heterocycles. The summed E-state index contributed by atoms with van der Waals surface area (Å²) in [7, 11) is 0. The first-order valence-corrected chi connectivity index (χ1v) is 20.8.